The van der Waals surface area contributed by atoms with Crippen LogP contribution in [0.25, 0.3) is 0 Å². The van der Waals surface area contributed by atoms with Crippen LogP contribution in [0.2, 0.25) is 0 Å². The minimum Gasteiger partial charge on any atom is -0.376 e. The molecule has 0 heterocycles. The molecule has 220 valence electrons. The molecule has 3 saturated carbocycles. The average Bonchev–Trinajstić information content (AvgIpc) is 2.95. The second-order valence-corrected chi connectivity index (χ2v) is 14.6. The lowest BCUT2D eigenvalue weighted by Gasteiger charge is -2.32. The van der Waals surface area contributed by atoms with Crippen molar-refractivity contribution in [2.75, 3.05) is 0 Å². The van der Waals surface area contributed by atoms with Crippen LogP contribution in [0.5, 0.6) is 5.75 Å². The van der Waals surface area contributed by atoms with Gasteiger partial charge in [-0.1, -0.05) is 69.9 Å². The van der Waals surface area contributed by atoms with Gasteiger partial charge in [0.15, 0.2) is 11.6 Å². The normalized spacial score (nSPS) is 20.5. The zero-order valence-electron chi connectivity index (χ0n) is 22.7. The molecule has 0 aromatic heterocycles. The molecule has 3 fully saturated rings. The Labute approximate surface area is 236 Å². The number of benzene rings is 2. The Bertz CT molecular complexity index is 1400. The zero-order chi connectivity index (χ0) is 28.5. The highest BCUT2D eigenvalue weighted by molar-refractivity contribution is 7.87. The Morgan fingerprint density at radius 3 is 1.55 bits per heavy atom. The number of rotatable bonds is 7. The highest BCUT2D eigenvalue weighted by Crippen LogP contribution is 2.46. The molecule has 10 heteroatoms. The van der Waals surface area contributed by atoms with Gasteiger partial charge >= 0.3 is 10.1 Å². The maximum absolute atomic E-state index is 14.9. The summed E-state index contributed by atoms with van der Waals surface area (Å²) in [6, 6.07) is 5.44. The van der Waals surface area contributed by atoms with Crippen molar-refractivity contribution in [2.45, 2.75) is 124 Å². The summed E-state index contributed by atoms with van der Waals surface area (Å²) in [4.78, 5) is -1.21. The first-order valence-electron chi connectivity index (χ1n) is 14.6. The summed E-state index contributed by atoms with van der Waals surface area (Å²) in [5.41, 5.74) is 2.62. The monoisotopic (exact) mass is 596 g/mol. The third-order valence-corrected chi connectivity index (χ3v) is 11.3. The van der Waals surface area contributed by atoms with E-state index in [2.05, 4.69) is 0 Å². The van der Waals surface area contributed by atoms with Gasteiger partial charge in [0, 0.05) is 0 Å². The van der Waals surface area contributed by atoms with Gasteiger partial charge in [-0.2, -0.15) is 21.2 Å². The Morgan fingerprint density at radius 1 is 0.650 bits per heavy atom. The van der Waals surface area contributed by atoms with Crippen molar-refractivity contribution in [3.8, 4) is 5.75 Å². The highest BCUT2D eigenvalue weighted by Gasteiger charge is 2.35. The van der Waals surface area contributed by atoms with Gasteiger partial charge in [0.25, 0.3) is 10.1 Å². The standard InChI is InChI=1S/C30H38F2O6S2/c31-28-26(16-17-27(29(28)32)39(33,34)35)38-40(36,37)30-24(21-12-6-2-7-13-21)18-23(20-10-4-1-5-11-20)19-25(30)22-14-8-3-9-15-22/h16-22H,1-15H2,(H,33,34,35). The van der Waals surface area contributed by atoms with E-state index >= 15 is 0 Å². The van der Waals surface area contributed by atoms with E-state index in [0.29, 0.717) is 12.0 Å². The van der Waals surface area contributed by atoms with Crippen molar-refractivity contribution in [1.82, 2.24) is 0 Å². The van der Waals surface area contributed by atoms with Gasteiger partial charge in [0.2, 0.25) is 5.82 Å². The molecule has 5 rings (SSSR count). The molecule has 0 unspecified atom stereocenters. The lowest BCUT2D eigenvalue weighted by Crippen LogP contribution is -2.22. The number of hydrogen-bond acceptors (Lipinski definition) is 5. The maximum Gasteiger partial charge on any atom is 0.339 e. The molecule has 0 aliphatic heterocycles. The summed E-state index contributed by atoms with van der Waals surface area (Å²) in [5, 5.41) is 0. The van der Waals surface area contributed by atoms with Gasteiger partial charge in [-0.25, -0.2) is 4.39 Å². The first-order valence-corrected chi connectivity index (χ1v) is 17.5. The predicted molar refractivity (Wildman–Crippen MR) is 148 cm³/mol. The second kappa shape index (κ2) is 12.1. The van der Waals surface area contributed by atoms with Crippen molar-refractivity contribution in [1.29, 1.82) is 0 Å². The SMILES string of the molecule is O=S(=O)(O)c1ccc(OS(=O)(=O)c2c(C3CCCCC3)cc(C3CCCCC3)cc2C2CCCCC2)c(F)c1F. The fraction of sp³-hybridized carbons (Fsp3) is 0.600. The fourth-order valence-electron chi connectivity index (χ4n) is 7.03. The average molecular weight is 597 g/mol. The van der Waals surface area contributed by atoms with Gasteiger partial charge in [-0.3, -0.25) is 4.55 Å². The van der Waals surface area contributed by atoms with Crippen molar-refractivity contribution in [3.63, 3.8) is 0 Å². The lowest BCUT2D eigenvalue weighted by molar-refractivity contribution is 0.407. The Kier molecular flexibility index (Phi) is 8.88. The molecule has 40 heavy (non-hydrogen) atoms. The Balaban J connectivity index is 1.66. The summed E-state index contributed by atoms with van der Waals surface area (Å²) in [5.74, 6) is -4.19. The van der Waals surface area contributed by atoms with Gasteiger partial charge in [-0.05, 0) is 85.1 Å². The number of halogens is 2. The third kappa shape index (κ3) is 6.23. The van der Waals surface area contributed by atoms with Crippen LogP contribution in [0.3, 0.4) is 0 Å². The van der Waals surface area contributed by atoms with E-state index in [1.54, 1.807) is 0 Å². The van der Waals surface area contributed by atoms with E-state index in [1.807, 2.05) is 12.1 Å². The van der Waals surface area contributed by atoms with Crippen LogP contribution in [-0.2, 0) is 20.2 Å². The predicted octanol–water partition coefficient (Wildman–Crippen LogP) is 8.12. The van der Waals surface area contributed by atoms with Crippen LogP contribution >= 0.6 is 0 Å². The summed E-state index contributed by atoms with van der Waals surface area (Å²) in [7, 11) is -9.67. The smallest absolute Gasteiger partial charge is 0.339 e. The van der Waals surface area contributed by atoms with E-state index < -0.39 is 42.5 Å². The molecule has 3 aliphatic carbocycles. The van der Waals surface area contributed by atoms with Crippen LogP contribution < -0.4 is 4.18 Å². The molecule has 3 aliphatic rings. The third-order valence-electron chi connectivity index (χ3n) is 9.07. The molecule has 0 spiro atoms. The quantitative estimate of drug-likeness (QED) is 0.256. The van der Waals surface area contributed by atoms with Gasteiger partial charge in [0.1, 0.15) is 9.79 Å². The second-order valence-electron chi connectivity index (χ2n) is 11.7. The zero-order valence-corrected chi connectivity index (χ0v) is 24.3. The summed E-state index contributed by atoms with van der Waals surface area (Å²) in [6.45, 7) is 0. The molecule has 0 radical (unpaired) electrons. The topological polar surface area (TPSA) is 97.7 Å². The van der Waals surface area contributed by atoms with Crippen LogP contribution in [0, 0.1) is 11.6 Å². The highest BCUT2D eigenvalue weighted by atomic mass is 32.2. The minimum absolute atomic E-state index is 0.0245. The molecule has 0 atom stereocenters. The molecule has 0 amide bonds. The molecule has 6 nitrogen and oxygen atoms in total. The van der Waals surface area contributed by atoms with E-state index in [-0.39, 0.29) is 16.7 Å². The minimum atomic E-state index is -5.05. The van der Waals surface area contributed by atoms with E-state index in [4.69, 9.17) is 4.18 Å². The van der Waals surface area contributed by atoms with Crippen LogP contribution in [0.15, 0.2) is 34.1 Å². The lowest BCUT2D eigenvalue weighted by atomic mass is 9.76. The molecule has 2 aromatic carbocycles. The molecular formula is C30H38F2O6S2. The first kappa shape index (κ1) is 29.5. The molecule has 1 N–H and O–H groups in total. The molecule has 0 saturated heterocycles. The van der Waals surface area contributed by atoms with E-state index in [9.17, 15) is 30.2 Å². The van der Waals surface area contributed by atoms with Crippen LogP contribution in [-0.4, -0.2) is 21.4 Å². The molecule has 0 bridgehead atoms. The maximum atomic E-state index is 14.9. The van der Waals surface area contributed by atoms with Crippen molar-refractivity contribution in [3.05, 3.63) is 52.6 Å². The molecular weight excluding hydrogens is 558 g/mol. The van der Waals surface area contributed by atoms with E-state index in [1.165, 1.54) is 12.0 Å². The first-order chi connectivity index (χ1) is 19.1. The largest absolute Gasteiger partial charge is 0.376 e. The Morgan fingerprint density at radius 2 is 1.10 bits per heavy atom. The van der Waals surface area contributed by atoms with Crippen molar-refractivity contribution >= 4 is 20.2 Å². The van der Waals surface area contributed by atoms with Crippen LogP contribution in [0.1, 0.15) is 131 Å². The van der Waals surface area contributed by atoms with Gasteiger partial charge in [0.05, 0.1) is 0 Å². The van der Waals surface area contributed by atoms with E-state index in [0.717, 1.165) is 107 Å². The van der Waals surface area contributed by atoms with Crippen LogP contribution in [0.4, 0.5) is 8.78 Å². The summed E-state index contributed by atoms with van der Waals surface area (Å²) < 4.78 is 95.0. The summed E-state index contributed by atoms with van der Waals surface area (Å²) >= 11 is 0. The Hall–Kier alpha value is -2.04. The van der Waals surface area contributed by atoms with Crippen molar-refractivity contribution < 1.29 is 34.4 Å². The summed E-state index contributed by atoms with van der Waals surface area (Å²) in [6.07, 6.45) is 15.2. The van der Waals surface area contributed by atoms with Gasteiger partial charge < -0.3 is 4.18 Å². The number of hydrogen-bond donors (Lipinski definition) is 1. The molecule has 2 aromatic rings. The van der Waals surface area contributed by atoms with Gasteiger partial charge in [-0.15, -0.1) is 0 Å². The van der Waals surface area contributed by atoms with Crippen molar-refractivity contribution in [2.24, 2.45) is 0 Å². The fourth-order valence-corrected chi connectivity index (χ4v) is 9.06.